The highest BCUT2D eigenvalue weighted by molar-refractivity contribution is 7.09. The van der Waals surface area contributed by atoms with E-state index in [1.807, 2.05) is 6.92 Å². The summed E-state index contributed by atoms with van der Waals surface area (Å²) in [6.45, 7) is 3.81. The van der Waals surface area contributed by atoms with Gasteiger partial charge in [-0.15, -0.1) is 11.3 Å². The maximum atomic E-state index is 5.59. The second-order valence-corrected chi connectivity index (χ2v) is 5.36. The van der Waals surface area contributed by atoms with Gasteiger partial charge in [0.2, 0.25) is 0 Å². The number of ether oxygens (including phenoxy) is 1. The molecule has 1 saturated heterocycles. The fourth-order valence-electron chi connectivity index (χ4n) is 2.09. The third kappa shape index (κ3) is 3.25. The highest BCUT2D eigenvalue weighted by Gasteiger charge is 2.20. The molecule has 1 aromatic rings. The van der Waals surface area contributed by atoms with Crippen molar-refractivity contribution >= 4 is 11.3 Å². The summed E-state index contributed by atoms with van der Waals surface area (Å²) in [5, 5.41) is 3.25. The van der Waals surface area contributed by atoms with Crippen molar-refractivity contribution in [2.24, 2.45) is 11.8 Å². The van der Waals surface area contributed by atoms with Gasteiger partial charge in [0.1, 0.15) is 0 Å². The zero-order valence-electron chi connectivity index (χ0n) is 9.61. The first kappa shape index (κ1) is 12.0. The first-order chi connectivity index (χ1) is 7.78. The van der Waals surface area contributed by atoms with E-state index >= 15 is 0 Å². The van der Waals surface area contributed by atoms with E-state index in [1.165, 1.54) is 5.01 Å². The summed E-state index contributed by atoms with van der Waals surface area (Å²) in [7, 11) is 0. The lowest BCUT2D eigenvalue weighted by Gasteiger charge is -2.17. The molecule has 3 N–H and O–H groups in total. The number of nitrogens with two attached hydrogens (primary N) is 1. The monoisotopic (exact) mass is 241 g/mol. The molecule has 0 bridgehead atoms. The molecule has 2 atom stereocenters. The number of aryl methyl sites for hydroxylation is 1. The fraction of sp³-hybridized carbons (Fsp3) is 0.727. The summed E-state index contributed by atoms with van der Waals surface area (Å²) >= 11 is 1.71. The summed E-state index contributed by atoms with van der Waals surface area (Å²) in [5.41, 5.74) is 3.99. The Labute approximate surface area is 100 Å². The summed E-state index contributed by atoms with van der Waals surface area (Å²) in [4.78, 5) is 4.46. The lowest BCUT2D eigenvalue weighted by atomic mass is 9.98. The standard InChI is InChI=1S/C11H19N3OS/c1-8-7-16-11(13-8)5-10(14-12)4-9-2-3-15-6-9/h7,9-10,14H,2-6,12H2,1H3. The first-order valence-corrected chi connectivity index (χ1v) is 6.60. The molecular formula is C11H19N3OS. The number of thiazole rings is 1. The van der Waals surface area contributed by atoms with Gasteiger partial charge >= 0.3 is 0 Å². The number of hydrazine groups is 1. The van der Waals surface area contributed by atoms with E-state index in [0.717, 1.165) is 38.2 Å². The third-order valence-corrected chi connectivity index (χ3v) is 3.95. The lowest BCUT2D eigenvalue weighted by molar-refractivity contribution is 0.181. The van der Waals surface area contributed by atoms with Gasteiger partial charge in [-0.1, -0.05) is 0 Å². The van der Waals surface area contributed by atoms with Crippen LogP contribution in [-0.4, -0.2) is 24.2 Å². The number of nitrogens with zero attached hydrogens (tertiary/aromatic N) is 1. The van der Waals surface area contributed by atoms with E-state index in [1.54, 1.807) is 11.3 Å². The van der Waals surface area contributed by atoms with Crippen molar-refractivity contribution in [1.29, 1.82) is 0 Å². The van der Waals surface area contributed by atoms with Gasteiger partial charge in [0.25, 0.3) is 0 Å². The Hall–Kier alpha value is -0.490. The summed E-state index contributed by atoms with van der Waals surface area (Å²) in [6.07, 6.45) is 3.16. The van der Waals surface area contributed by atoms with Gasteiger partial charge in [0, 0.05) is 36.8 Å². The van der Waals surface area contributed by atoms with Crippen molar-refractivity contribution in [3.63, 3.8) is 0 Å². The summed E-state index contributed by atoms with van der Waals surface area (Å²) in [5.74, 6) is 6.25. The molecule has 0 aromatic carbocycles. The maximum absolute atomic E-state index is 5.59. The van der Waals surface area contributed by atoms with Crippen LogP contribution >= 0.6 is 11.3 Å². The summed E-state index contributed by atoms with van der Waals surface area (Å²) < 4.78 is 5.38. The Bertz CT molecular complexity index is 323. The highest BCUT2D eigenvalue weighted by atomic mass is 32.1. The smallest absolute Gasteiger partial charge is 0.0944 e. The predicted octanol–water partition coefficient (Wildman–Crippen LogP) is 1.25. The van der Waals surface area contributed by atoms with Gasteiger partial charge in [-0.05, 0) is 25.7 Å². The molecule has 4 nitrogen and oxygen atoms in total. The minimum atomic E-state index is 0.317. The van der Waals surface area contributed by atoms with Crippen LogP contribution in [0.4, 0.5) is 0 Å². The van der Waals surface area contributed by atoms with Crippen LogP contribution in [0.5, 0.6) is 0 Å². The molecule has 16 heavy (non-hydrogen) atoms. The Morgan fingerprint density at radius 2 is 2.62 bits per heavy atom. The molecule has 1 fully saturated rings. The molecule has 2 unspecified atom stereocenters. The summed E-state index contributed by atoms with van der Waals surface area (Å²) in [6, 6.07) is 0.317. The fourth-order valence-corrected chi connectivity index (χ4v) is 2.94. The maximum Gasteiger partial charge on any atom is 0.0944 e. The van der Waals surface area contributed by atoms with Gasteiger partial charge in [0.05, 0.1) is 5.01 Å². The molecule has 2 heterocycles. The minimum absolute atomic E-state index is 0.317. The second kappa shape index (κ2) is 5.72. The van der Waals surface area contributed by atoms with E-state index in [9.17, 15) is 0 Å². The number of hydrogen-bond donors (Lipinski definition) is 2. The molecule has 0 spiro atoms. The number of hydrogen-bond acceptors (Lipinski definition) is 5. The molecule has 5 heteroatoms. The van der Waals surface area contributed by atoms with E-state index < -0.39 is 0 Å². The van der Waals surface area contributed by atoms with Gasteiger partial charge in [-0.25, -0.2) is 4.98 Å². The molecule has 0 radical (unpaired) electrons. The normalized spacial score (nSPS) is 22.5. The largest absolute Gasteiger partial charge is 0.381 e. The predicted molar refractivity (Wildman–Crippen MR) is 65.2 cm³/mol. The minimum Gasteiger partial charge on any atom is -0.381 e. The van der Waals surface area contributed by atoms with Crippen LogP contribution < -0.4 is 11.3 Å². The molecule has 2 rings (SSSR count). The van der Waals surface area contributed by atoms with Crippen LogP contribution in [0.3, 0.4) is 0 Å². The number of nitrogens with one attached hydrogen (secondary N) is 1. The van der Waals surface area contributed by atoms with Crippen LogP contribution in [0, 0.1) is 12.8 Å². The van der Waals surface area contributed by atoms with E-state index in [4.69, 9.17) is 10.6 Å². The molecule has 1 aliphatic heterocycles. The van der Waals surface area contributed by atoms with Crippen LogP contribution in [-0.2, 0) is 11.2 Å². The van der Waals surface area contributed by atoms with Crippen molar-refractivity contribution in [1.82, 2.24) is 10.4 Å². The van der Waals surface area contributed by atoms with Crippen LogP contribution in [0.1, 0.15) is 23.5 Å². The average Bonchev–Trinajstić information content (AvgIpc) is 2.89. The van der Waals surface area contributed by atoms with Gasteiger partial charge < -0.3 is 4.74 Å². The molecule has 0 aliphatic carbocycles. The average molecular weight is 241 g/mol. The zero-order valence-corrected chi connectivity index (χ0v) is 10.4. The van der Waals surface area contributed by atoms with Crippen molar-refractivity contribution in [3.05, 3.63) is 16.1 Å². The van der Waals surface area contributed by atoms with Gasteiger partial charge in [-0.3, -0.25) is 11.3 Å². The first-order valence-electron chi connectivity index (χ1n) is 5.73. The van der Waals surface area contributed by atoms with Crippen LogP contribution in [0.25, 0.3) is 0 Å². The molecular weight excluding hydrogens is 222 g/mol. The Morgan fingerprint density at radius 3 is 3.19 bits per heavy atom. The SMILES string of the molecule is Cc1csc(CC(CC2CCOC2)NN)n1. The number of aromatic nitrogens is 1. The van der Waals surface area contributed by atoms with E-state index in [0.29, 0.717) is 12.0 Å². The highest BCUT2D eigenvalue weighted by Crippen LogP contribution is 2.20. The Morgan fingerprint density at radius 1 is 1.75 bits per heavy atom. The van der Waals surface area contributed by atoms with Crippen molar-refractivity contribution in [2.45, 2.75) is 32.2 Å². The quantitative estimate of drug-likeness (QED) is 0.602. The Kier molecular flexibility index (Phi) is 4.29. The molecule has 0 amide bonds. The van der Waals surface area contributed by atoms with Gasteiger partial charge in [-0.2, -0.15) is 0 Å². The van der Waals surface area contributed by atoms with E-state index in [2.05, 4.69) is 15.8 Å². The molecule has 1 aliphatic rings. The van der Waals surface area contributed by atoms with E-state index in [-0.39, 0.29) is 0 Å². The number of rotatable bonds is 5. The zero-order chi connectivity index (χ0) is 11.4. The third-order valence-electron chi connectivity index (χ3n) is 2.97. The second-order valence-electron chi connectivity index (χ2n) is 4.42. The van der Waals surface area contributed by atoms with Gasteiger partial charge in [0.15, 0.2) is 0 Å². The van der Waals surface area contributed by atoms with Crippen molar-refractivity contribution in [3.8, 4) is 0 Å². The molecule has 1 aromatic heterocycles. The van der Waals surface area contributed by atoms with Crippen LogP contribution in [0.15, 0.2) is 5.38 Å². The van der Waals surface area contributed by atoms with Crippen molar-refractivity contribution in [2.75, 3.05) is 13.2 Å². The van der Waals surface area contributed by atoms with Crippen molar-refractivity contribution < 1.29 is 4.74 Å². The Balaban J connectivity index is 1.84. The lowest BCUT2D eigenvalue weighted by Crippen LogP contribution is -2.38. The topological polar surface area (TPSA) is 60.2 Å². The molecule has 0 saturated carbocycles. The molecule has 90 valence electrons. The van der Waals surface area contributed by atoms with Crippen LogP contribution in [0.2, 0.25) is 0 Å².